The van der Waals surface area contributed by atoms with Gasteiger partial charge in [-0.3, -0.25) is 4.90 Å². The van der Waals surface area contributed by atoms with Gasteiger partial charge in [-0.05, 0) is 44.0 Å². The predicted octanol–water partition coefficient (Wildman–Crippen LogP) is 3.15. The number of nitrogens with zero attached hydrogens (tertiary/aromatic N) is 2. The van der Waals surface area contributed by atoms with Gasteiger partial charge in [0.15, 0.2) is 0 Å². The summed E-state index contributed by atoms with van der Waals surface area (Å²) in [4.78, 5) is 6.74. The molecule has 1 aromatic heterocycles. The summed E-state index contributed by atoms with van der Waals surface area (Å²) in [6, 6.07) is 8.34. The van der Waals surface area contributed by atoms with Gasteiger partial charge in [-0.2, -0.15) is 0 Å². The van der Waals surface area contributed by atoms with Crippen LogP contribution in [0.1, 0.15) is 24.0 Å². The fraction of sp³-hybridized carbons (Fsp3) is 0.438. The van der Waals surface area contributed by atoms with E-state index in [1.165, 1.54) is 5.56 Å². The van der Waals surface area contributed by atoms with Crippen LogP contribution in [0.15, 0.2) is 24.3 Å². The minimum Gasteiger partial charge on any atom is -0.392 e. The second-order valence-electron chi connectivity index (χ2n) is 5.67. The molecule has 1 unspecified atom stereocenters. The Morgan fingerprint density at radius 1 is 1.40 bits per heavy atom. The molecule has 1 saturated heterocycles. The molecular weight excluding hydrogens is 272 g/mol. The molecule has 2 heterocycles. The van der Waals surface area contributed by atoms with Gasteiger partial charge in [0.1, 0.15) is 5.15 Å². The number of hydrogen-bond donors (Lipinski definition) is 1. The Morgan fingerprint density at radius 3 is 3.05 bits per heavy atom. The van der Waals surface area contributed by atoms with Crippen molar-refractivity contribution in [2.45, 2.75) is 32.4 Å². The number of aliphatic hydroxyl groups is 1. The predicted molar refractivity (Wildman–Crippen MR) is 82.0 cm³/mol. The highest BCUT2D eigenvalue weighted by Gasteiger charge is 2.19. The van der Waals surface area contributed by atoms with E-state index < -0.39 is 0 Å². The molecule has 1 aromatic carbocycles. The van der Waals surface area contributed by atoms with Crippen LogP contribution in [0.4, 0.5) is 0 Å². The molecule has 1 atom stereocenters. The van der Waals surface area contributed by atoms with Crippen molar-refractivity contribution in [3.63, 3.8) is 0 Å². The van der Waals surface area contributed by atoms with Crippen molar-refractivity contribution in [1.82, 2.24) is 9.88 Å². The van der Waals surface area contributed by atoms with Crippen molar-refractivity contribution < 1.29 is 5.11 Å². The molecule has 0 radical (unpaired) electrons. The number of likely N-dealkylation sites (tertiary alicyclic amines) is 1. The number of fused-ring (bicyclic) bond motifs is 1. The van der Waals surface area contributed by atoms with Crippen molar-refractivity contribution >= 4 is 22.5 Å². The van der Waals surface area contributed by atoms with E-state index in [-0.39, 0.29) is 6.10 Å². The Morgan fingerprint density at radius 2 is 2.25 bits per heavy atom. The van der Waals surface area contributed by atoms with E-state index in [4.69, 9.17) is 11.6 Å². The van der Waals surface area contributed by atoms with Crippen molar-refractivity contribution in [2.75, 3.05) is 13.1 Å². The van der Waals surface area contributed by atoms with Crippen LogP contribution in [0.25, 0.3) is 10.9 Å². The maximum atomic E-state index is 9.74. The Hall–Kier alpha value is -1.16. The standard InChI is InChI=1S/C16H19ClN2O/c1-11-4-5-12-8-13(16(17)18-15(12)7-11)9-19-6-2-3-14(20)10-19/h4-5,7-8,14,20H,2-3,6,9-10H2,1H3. The number of benzene rings is 1. The number of aryl methyl sites for hydroxylation is 1. The first kappa shape index (κ1) is 13.8. The second-order valence-corrected chi connectivity index (χ2v) is 6.02. The van der Waals surface area contributed by atoms with Crippen molar-refractivity contribution in [3.05, 3.63) is 40.5 Å². The third kappa shape index (κ3) is 2.95. The third-order valence-electron chi connectivity index (χ3n) is 3.87. The molecule has 1 aliphatic heterocycles. The largest absolute Gasteiger partial charge is 0.392 e. The Kier molecular flexibility index (Phi) is 3.92. The fourth-order valence-electron chi connectivity index (χ4n) is 2.82. The normalized spacial score (nSPS) is 20.4. The highest BCUT2D eigenvalue weighted by molar-refractivity contribution is 6.30. The first-order chi connectivity index (χ1) is 9.61. The van der Waals surface area contributed by atoms with E-state index >= 15 is 0 Å². The Bertz CT molecular complexity index is 629. The minimum absolute atomic E-state index is 0.210. The highest BCUT2D eigenvalue weighted by atomic mass is 35.5. The second kappa shape index (κ2) is 5.68. The van der Waals surface area contributed by atoms with Gasteiger partial charge in [0, 0.05) is 24.0 Å². The van der Waals surface area contributed by atoms with Gasteiger partial charge in [-0.25, -0.2) is 4.98 Å². The van der Waals surface area contributed by atoms with Gasteiger partial charge < -0.3 is 5.11 Å². The van der Waals surface area contributed by atoms with Crippen LogP contribution in [0.2, 0.25) is 5.15 Å². The third-order valence-corrected chi connectivity index (χ3v) is 4.20. The first-order valence-corrected chi connectivity index (χ1v) is 7.46. The van der Waals surface area contributed by atoms with E-state index in [9.17, 15) is 5.11 Å². The lowest BCUT2D eigenvalue weighted by Gasteiger charge is -2.30. The van der Waals surface area contributed by atoms with Gasteiger partial charge in [-0.15, -0.1) is 0 Å². The molecule has 0 bridgehead atoms. The summed E-state index contributed by atoms with van der Waals surface area (Å²) >= 11 is 6.31. The van der Waals surface area contributed by atoms with Crippen LogP contribution in [0.5, 0.6) is 0 Å². The number of rotatable bonds is 2. The lowest BCUT2D eigenvalue weighted by atomic mass is 10.1. The van der Waals surface area contributed by atoms with Crippen LogP contribution in [-0.2, 0) is 6.54 Å². The zero-order valence-electron chi connectivity index (χ0n) is 11.6. The van der Waals surface area contributed by atoms with Crippen LogP contribution >= 0.6 is 11.6 Å². The number of β-amino-alcohol motifs (C(OH)–C–C–N with tert-alkyl or cyclic N) is 1. The molecule has 4 heteroatoms. The molecule has 1 aliphatic rings. The molecule has 0 amide bonds. The van der Waals surface area contributed by atoms with Gasteiger partial charge >= 0.3 is 0 Å². The summed E-state index contributed by atoms with van der Waals surface area (Å²) in [6.45, 7) is 4.55. The number of hydrogen-bond acceptors (Lipinski definition) is 3. The summed E-state index contributed by atoms with van der Waals surface area (Å²) in [5.41, 5.74) is 3.17. The summed E-state index contributed by atoms with van der Waals surface area (Å²) in [7, 11) is 0. The van der Waals surface area contributed by atoms with E-state index in [1.807, 2.05) is 0 Å². The maximum Gasteiger partial charge on any atom is 0.134 e. The molecular formula is C16H19ClN2O. The molecule has 2 aromatic rings. The molecule has 0 saturated carbocycles. The highest BCUT2D eigenvalue weighted by Crippen LogP contribution is 2.24. The average molecular weight is 291 g/mol. The van der Waals surface area contributed by atoms with Crippen molar-refractivity contribution in [3.8, 4) is 0 Å². The lowest BCUT2D eigenvalue weighted by molar-refractivity contribution is 0.0668. The maximum absolute atomic E-state index is 9.74. The van der Waals surface area contributed by atoms with Crippen LogP contribution < -0.4 is 0 Å². The molecule has 1 N–H and O–H groups in total. The molecule has 3 nitrogen and oxygen atoms in total. The van der Waals surface area contributed by atoms with E-state index in [2.05, 4.69) is 41.1 Å². The van der Waals surface area contributed by atoms with Crippen LogP contribution in [-0.4, -0.2) is 34.2 Å². The smallest absolute Gasteiger partial charge is 0.134 e. The summed E-state index contributed by atoms with van der Waals surface area (Å²) < 4.78 is 0. The summed E-state index contributed by atoms with van der Waals surface area (Å²) in [5, 5.41) is 11.4. The van der Waals surface area contributed by atoms with Crippen molar-refractivity contribution in [1.29, 1.82) is 0 Å². The molecule has 0 aliphatic carbocycles. The fourth-order valence-corrected chi connectivity index (χ4v) is 3.03. The molecule has 106 valence electrons. The topological polar surface area (TPSA) is 36.4 Å². The summed E-state index contributed by atoms with van der Waals surface area (Å²) in [6.07, 6.45) is 1.73. The number of aromatic nitrogens is 1. The van der Waals surface area contributed by atoms with E-state index in [0.717, 1.165) is 48.9 Å². The molecule has 0 spiro atoms. The van der Waals surface area contributed by atoms with E-state index in [0.29, 0.717) is 5.15 Å². The zero-order valence-corrected chi connectivity index (χ0v) is 12.4. The lowest BCUT2D eigenvalue weighted by Crippen LogP contribution is -2.37. The first-order valence-electron chi connectivity index (χ1n) is 7.08. The van der Waals surface area contributed by atoms with Gasteiger partial charge in [0.25, 0.3) is 0 Å². The van der Waals surface area contributed by atoms with Crippen LogP contribution in [0.3, 0.4) is 0 Å². The van der Waals surface area contributed by atoms with E-state index in [1.54, 1.807) is 0 Å². The number of piperidine rings is 1. The SMILES string of the molecule is Cc1ccc2cc(CN3CCCC(O)C3)c(Cl)nc2c1. The Labute approximate surface area is 124 Å². The minimum atomic E-state index is -0.210. The molecule has 1 fully saturated rings. The summed E-state index contributed by atoms with van der Waals surface area (Å²) in [5.74, 6) is 0. The van der Waals surface area contributed by atoms with Gasteiger partial charge in [-0.1, -0.05) is 23.7 Å². The number of aliphatic hydroxyl groups excluding tert-OH is 1. The van der Waals surface area contributed by atoms with Gasteiger partial charge in [0.2, 0.25) is 0 Å². The monoisotopic (exact) mass is 290 g/mol. The number of pyridine rings is 1. The Balaban J connectivity index is 1.87. The molecule has 20 heavy (non-hydrogen) atoms. The average Bonchev–Trinajstić information content (AvgIpc) is 2.40. The quantitative estimate of drug-likeness (QED) is 0.863. The molecule has 3 rings (SSSR count). The van der Waals surface area contributed by atoms with Gasteiger partial charge in [0.05, 0.1) is 11.6 Å². The number of halogens is 1. The van der Waals surface area contributed by atoms with Crippen molar-refractivity contribution in [2.24, 2.45) is 0 Å². The van der Waals surface area contributed by atoms with Crippen LogP contribution in [0, 0.1) is 6.92 Å². The zero-order chi connectivity index (χ0) is 14.1.